The number of hydrogen-bond donors (Lipinski definition) is 0. The van der Waals surface area contributed by atoms with Crippen molar-refractivity contribution in [1.29, 1.82) is 0 Å². The van der Waals surface area contributed by atoms with Crippen molar-refractivity contribution in [2.75, 3.05) is 6.54 Å². The van der Waals surface area contributed by atoms with E-state index in [2.05, 4.69) is 18.3 Å². The van der Waals surface area contributed by atoms with Crippen LogP contribution in [0.2, 0.25) is 0 Å². The van der Waals surface area contributed by atoms with Crippen molar-refractivity contribution in [1.82, 2.24) is 14.7 Å². The normalized spacial score (nSPS) is 14.4. The summed E-state index contributed by atoms with van der Waals surface area (Å²) in [5.74, 6) is -0.475. The van der Waals surface area contributed by atoms with Gasteiger partial charge in [0.15, 0.2) is 0 Å². The number of aryl methyl sites for hydroxylation is 2. The lowest BCUT2D eigenvalue weighted by Crippen LogP contribution is -2.26. The molecule has 0 spiro atoms. The highest BCUT2D eigenvalue weighted by Gasteiger charge is 2.27. The van der Waals surface area contributed by atoms with Gasteiger partial charge in [0, 0.05) is 43.0 Å². The molecule has 0 radical (unpaired) electrons. The smallest absolute Gasteiger partial charge is 0.254 e. The van der Waals surface area contributed by atoms with E-state index in [4.69, 9.17) is 0 Å². The predicted molar refractivity (Wildman–Crippen MR) is 96.2 cm³/mol. The first-order valence-electron chi connectivity index (χ1n) is 8.01. The quantitative estimate of drug-likeness (QED) is 0.837. The van der Waals surface area contributed by atoms with Crippen molar-refractivity contribution in [3.63, 3.8) is 0 Å². The van der Waals surface area contributed by atoms with Gasteiger partial charge in [0.05, 0.1) is 5.69 Å². The molecule has 1 aliphatic heterocycles. The Balaban J connectivity index is 1.84. The van der Waals surface area contributed by atoms with Gasteiger partial charge in [-0.05, 0) is 24.1 Å². The number of carbonyl (C=O) groups is 1. The van der Waals surface area contributed by atoms with E-state index in [0.717, 1.165) is 22.4 Å². The number of rotatable bonds is 5. The Morgan fingerprint density at radius 2 is 2.08 bits per heavy atom. The van der Waals surface area contributed by atoms with Crippen LogP contribution < -0.4 is 0 Å². The summed E-state index contributed by atoms with van der Waals surface area (Å²) in [6.07, 6.45) is 5.05. The number of halogens is 1. The third-order valence-corrected chi connectivity index (χ3v) is 4.41. The number of hydrogen-bond acceptors (Lipinski definition) is 2. The molecule has 4 nitrogen and oxygen atoms in total. The molecule has 1 aromatic carbocycles. The fraction of sp³-hybridized carbons (Fsp3) is 0.200. The fourth-order valence-corrected chi connectivity index (χ4v) is 3.12. The second-order valence-electron chi connectivity index (χ2n) is 6.12. The minimum atomic E-state index is -0.333. The summed E-state index contributed by atoms with van der Waals surface area (Å²) in [5.41, 5.74) is 4.36. The SMILES string of the molecule is C=CC1=C(C=C)C(=O)N(Cc2ccc(-c3cn(C)nc3C)cc2F)C1. The molecule has 0 bridgehead atoms. The summed E-state index contributed by atoms with van der Waals surface area (Å²) in [5, 5.41) is 4.29. The maximum absolute atomic E-state index is 14.6. The lowest BCUT2D eigenvalue weighted by atomic mass is 10.0. The fourth-order valence-electron chi connectivity index (χ4n) is 3.12. The monoisotopic (exact) mass is 337 g/mol. The van der Waals surface area contributed by atoms with E-state index in [-0.39, 0.29) is 18.3 Å². The molecule has 0 fully saturated rings. The Bertz CT molecular complexity index is 908. The standard InChI is InChI=1S/C20H20FN3O/c1-5-14-10-24(20(25)17(14)6-2)11-16-8-7-15(9-19(16)21)18-12-23(4)22-13(18)3/h5-9,12H,1-2,10-11H2,3-4H3. The minimum absolute atomic E-state index is 0.142. The third-order valence-electron chi connectivity index (χ3n) is 4.41. The van der Waals surface area contributed by atoms with E-state index in [1.54, 1.807) is 21.7 Å². The average molecular weight is 337 g/mol. The predicted octanol–water partition coefficient (Wildman–Crippen LogP) is 3.55. The molecule has 0 atom stereocenters. The molecular weight excluding hydrogens is 317 g/mol. The maximum Gasteiger partial charge on any atom is 0.254 e. The van der Waals surface area contributed by atoms with Gasteiger partial charge >= 0.3 is 0 Å². The zero-order valence-electron chi connectivity index (χ0n) is 14.4. The van der Waals surface area contributed by atoms with E-state index >= 15 is 0 Å². The molecule has 1 aliphatic rings. The van der Waals surface area contributed by atoms with Crippen LogP contribution in [0.5, 0.6) is 0 Å². The second kappa shape index (κ2) is 6.51. The Morgan fingerprint density at radius 3 is 2.60 bits per heavy atom. The lowest BCUT2D eigenvalue weighted by molar-refractivity contribution is -0.125. The third kappa shape index (κ3) is 3.05. The molecule has 2 heterocycles. The van der Waals surface area contributed by atoms with Gasteiger partial charge in [0.2, 0.25) is 0 Å². The molecule has 25 heavy (non-hydrogen) atoms. The van der Waals surface area contributed by atoms with Crippen molar-refractivity contribution < 1.29 is 9.18 Å². The van der Waals surface area contributed by atoms with Crippen LogP contribution in [-0.4, -0.2) is 27.1 Å². The Kier molecular flexibility index (Phi) is 4.40. The molecule has 0 aliphatic carbocycles. The maximum atomic E-state index is 14.6. The van der Waals surface area contributed by atoms with Crippen LogP contribution in [0.25, 0.3) is 11.1 Å². The number of carbonyl (C=O) groups excluding carboxylic acids is 1. The van der Waals surface area contributed by atoms with Crippen LogP contribution in [0.15, 0.2) is 60.9 Å². The van der Waals surface area contributed by atoms with Gasteiger partial charge in [0.25, 0.3) is 5.91 Å². The summed E-state index contributed by atoms with van der Waals surface area (Å²) < 4.78 is 16.3. The van der Waals surface area contributed by atoms with Gasteiger partial charge < -0.3 is 4.90 Å². The minimum Gasteiger partial charge on any atom is -0.330 e. The molecule has 5 heteroatoms. The highest BCUT2D eigenvalue weighted by Crippen LogP contribution is 2.27. The van der Waals surface area contributed by atoms with Crippen molar-refractivity contribution in [2.45, 2.75) is 13.5 Å². The van der Waals surface area contributed by atoms with Crippen molar-refractivity contribution in [3.05, 3.63) is 77.9 Å². The number of nitrogens with zero attached hydrogens (tertiary/aromatic N) is 3. The largest absolute Gasteiger partial charge is 0.330 e. The summed E-state index contributed by atoms with van der Waals surface area (Å²) in [4.78, 5) is 14.0. The van der Waals surface area contributed by atoms with Gasteiger partial charge in [-0.3, -0.25) is 9.48 Å². The first kappa shape index (κ1) is 16.9. The van der Waals surface area contributed by atoms with E-state index in [1.807, 2.05) is 26.2 Å². The molecule has 2 aromatic rings. The van der Waals surface area contributed by atoms with Crippen LogP contribution in [0.3, 0.4) is 0 Å². The molecule has 0 unspecified atom stereocenters. The van der Waals surface area contributed by atoms with Gasteiger partial charge in [-0.1, -0.05) is 37.4 Å². The highest BCUT2D eigenvalue weighted by atomic mass is 19.1. The molecule has 0 saturated carbocycles. The summed E-state index contributed by atoms with van der Waals surface area (Å²) in [6.45, 7) is 9.92. The molecular formula is C20H20FN3O. The highest BCUT2D eigenvalue weighted by molar-refractivity contribution is 6.00. The Hall–Kier alpha value is -2.95. The second-order valence-corrected chi connectivity index (χ2v) is 6.12. The molecule has 0 saturated heterocycles. The van der Waals surface area contributed by atoms with E-state index in [0.29, 0.717) is 17.7 Å². The average Bonchev–Trinajstić information content (AvgIpc) is 3.08. The van der Waals surface area contributed by atoms with Gasteiger partial charge in [-0.15, -0.1) is 0 Å². The van der Waals surface area contributed by atoms with Gasteiger partial charge in [0.1, 0.15) is 5.82 Å². The molecule has 128 valence electrons. The first-order valence-corrected chi connectivity index (χ1v) is 8.01. The first-order chi connectivity index (χ1) is 11.9. The van der Waals surface area contributed by atoms with Crippen LogP contribution in [0.1, 0.15) is 11.3 Å². The number of amides is 1. The molecule has 1 aromatic heterocycles. The van der Waals surface area contributed by atoms with Gasteiger partial charge in [-0.25, -0.2) is 4.39 Å². The summed E-state index contributed by atoms with van der Waals surface area (Å²) in [7, 11) is 1.83. The van der Waals surface area contributed by atoms with Crippen molar-refractivity contribution in [2.24, 2.45) is 7.05 Å². The van der Waals surface area contributed by atoms with E-state index in [9.17, 15) is 9.18 Å². The van der Waals surface area contributed by atoms with E-state index in [1.165, 1.54) is 12.1 Å². The topological polar surface area (TPSA) is 38.1 Å². The van der Waals surface area contributed by atoms with Gasteiger partial charge in [-0.2, -0.15) is 5.10 Å². The van der Waals surface area contributed by atoms with Crippen LogP contribution in [0, 0.1) is 12.7 Å². The summed E-state index contributed by atoms with van der Waals surface area (Å²) >= 11 is 0. The number of benzene rings is 1. The van der Waals surface area contributed by atoms with Crippen molar-refractivity contribution in [3.8, 4) is 11.1 Å². The van der Waals surface area contributed by atoms with Crippen LogP contribution in [0.4, 0.5) is 4.39 Å². The Morgan fingerprint density at radius 1 is 1.32 bits per heavy atom. The van der Waals surface area contributed by atoms with Crippen LogP contribution >= 0.6 is 0 Å². The van der Waals surface area contributed by atoms with Crippen molar-refractivity contribution >= 4 is 5.91 Å². The zero-order chi connectivity index (χ0) is 18.1. The summed E-state index contributed by atoms with van der Waals surface area (Å²) in [6, 6.07) is 5.08. The van der Waals surface area contributed by atoms with Crippen LogP contribution in [-0.2, 0) is 18.4 Å². The lowest BCUT2D eigenvalue weighted by Gasteiger charge is -2.17. The number of aromatic nitrogens is 2. The zero-order valence-corrected chi connectivity index (χ0v) is 14.4. The molecule has 1 amide bonds. The molecule has 3 rings (SSSR count). The Labute approximate surface area is 146 Å². The molecule has 0 N–H and O–H groups in total. The van der Waals surface area contributed by atoms with E-state index < -0.39 is 0 Å².